The minimum atomic E-state index is -0.109. The molecule has 0 amide bonds. The summed E-state index contributed by atoms with van der Waals surface area (Å²) in [7, 11) is 0. The van der Waals surface area contributed by atoms with Gasteiger partial charge in [-0.2, -0.15) is 0 Å². The van der Waals surface area contributed by atoms with Crippen molar-refractivity contribution in [2.24, 2.45) is 17.6 Å². The molecule has 0 aliphatic rings. The molecule has 0 aromatic heterocycles. The summed E-state index contributed by atoms with van der Waals surface area (Å²) < 4.78 is 1.03. The van der Waals surface area contributed by atoms with Crippen molar-refractivity contribution in [3.63, 3.8) is 0 Å². The first-order chi connectivity index (χ1) is 7.47. The summed E-state index contributed by atoms with van der Waals surface area (Å²) in [5, 5.41) is 9.40. The number of aliphatic hydroxyl groups excluding tert-OH is 1. The number of aliphatic hydroxyl groups is 1. The summed E-state index contributed by atoms with van der Waals surface area (Å²) in [6.45, 7) is 6.36. The van der Waals surface area contributed by atoms with Crippen LogP contribution in [0, 0.1) is 18.8 Å². The molecule has 0 aliphatic carbocycles. The molecule has 3 heteroatoms. The van der Waals surface area contributed by atoms with E-state index < -0.39 is 0 Å². The third-order valence-electron chi connectivity index (χ3n) is 3.13. The number of hydrogen-bond donors (Lipinski definition) is 2. The highest BCUT2D eigenvalue weighted by molar-refractivity contribution is 9.10. The Labute approximate surface area is 106 Å². The van der Waals surface area contributed by atoms with Crippen molar-refractivity contribution in [3.8, 4) is 0 Å². The van der Waals surface area contributed by atoms with Gasteiger partial charge in [0.2, 0.25) is 0 Å². The second-order valence-corrected chi connectivity index (χ2v) is 5.53. The zero-order chi connectivity index (χ0) is 12.3. The normalized spacial score (nSPS) is 15.2. The van der Waals surface area contributed by atoms with Gasteiger partial charge in [-0.25, -0.2) is 0 Å². The van der Waals surface area contributed by atoms with Crippen LogP contribution in [-0.2, 0) is 0 Å². The SMILES string of the molecule is Cc1ccc(Br)cc1C(N)C(CO)C(C)C. The highest BCUT2D eigenvalue weighted by atomic mass is 79.9. The van der Waals surface area contributed by atoms with Crippen LogP contribution in [0.1, 0.15) is 31.0 Å². The maximum absolute atomic E-state index is 9.40. The second-order valence-electron chi connectivity index (χ2n) is 4.62. The Morgan fingerprint density at radius 3 is 2.50 bits per heavy atom. The van der Waals surface area contributed by atoms with Gasteiger partial charge in [0.25, 0.3) is 0 Å². The molecule has 0 saturated heterocycles. The van der Waals surface area contributed by atoms with Gasteiger partial charge in [0.1, 0.15) is 0 Å². The van der Waals surface area contributed by atoms with Crippen LogP contribution in [0.25, 0.3) is 0 Å². The zero-order valence-electron chi connectivity index (χ0n) is 10.1. The molecule has 90 valence electrons. The van der Waals surface area contributed by atoms with Crippen molar-refractivity contribution in [1.82, 2.24) is 0 Å². The number of halogens is 1. The van der Waals surface area contributed by atoms with E-state index in [0.29, 0.717) is 5.92 Å². The van der Waals surface area contributed by atoms with E-state index in [-0.39, 0.29) is 18.6 Å². The topological polar surface area (TPSA) is 46.2 Å². The van der Waals surface area contributed by atoms with Crippen molar-refractivity contribution >= 4 is 15.9 Å². The Morgan fingerprint density at radius 1 is 1.38 bits per heavy atom. The number of nitrogens with two attached hydrogens (primary N) is 1. The molecule has 0 heterocycles. The van der Waals surface area contributed by atoms with Crippen LogP contribution < -0.4 is 5.73 Å². The highest BCUT2D eigenvalue weighted by Crippen LogP contribution is 2.29. The summed E-state index contributed by atoms with van der Waals surface area (Å²) in [6.07, 6.45) is 0. The van der Waals surface area contributed by atoms with Gasteiger partial charge in [0, 0.05) is 23.0 Å². The van der Waals surface area contributed by atoms with Crippen LogP contribution >= 0.6 is 15.9 Å². The molecular formula is C13H20BrNO. The maximum Gasteiger partial charge on any atom is 0.0479 e. The summed E-state index contributed by atoms with van der Waals surface area (Å²) in [5.74, 6) is 0.478. The quantitative estimate of drug-likeness (QED) is 0.893. The lowest BCUT2D eigenvalue weighted by atomic mass is 9.84. The molecule has 2 atom stereocenters. The van der Waals surface area contributed by atoms with E-state index in [2.05, 4.69) is 36.7 Å². The molecule has 3 N–H and O–H groups in total. The van der Waals surface area contributed by atoms with E-state index in [1.807, 2.05) is 18.2 Å². The molecule has 2 unspecified atom stereocenters. The van der Waals surface area contributed by atoms with Gasteiger partial charge in [0.05, 0.1) is 0 Å². The zero-order valence-corrected chi connectivity index (χ0v) is 11.7. The minimum absolute atomic E-state index is 0.105. The average molecular weight is 286 g/mol. The van der Waals surface area contributed by atoms with Gasteiger partial charge in [-0.15, -0.1) is 0 Å². The van der Waals surface area contributed by atoms with Gasteiger partial charge in [-0.05, 0) is 36.1 Å². The largest absolute Gasteiger partial charge is 0.396 e. The smallest absolute Gasteiger partial charge is 0.0479 e. The van der Waals surface area contributed by atoms with Crippen LogP contribution in [0.3, 0.4) is 0 Å². The maximum atomic E-state index is 9.40. The number of rotatable bonds is 4. The molecule has 16 heavy (non-hydrogen) atoms. The number of aryl methyl sites for hydroxylation is 1. The third-order valence-corrected chi connectivity index (χ3v) is 3.62. The molecule has 2 nitrogen and oxygen atoms in total. The fourth-order valence-electron chi connectivity index (χ4n) is 1.94. The van der Waals surface area contributed by atoms with Crippen molar-refractivity contribution in [1.29, 1.82) is 0 Å². The van der Waals surface area contributed by atoms with Crippen molar-refractivity contribution in [3.05, 3.63) is 33.8 Å². The van der Waals surface area contributed by atoms with Gasteiger partial charge >= 0.3 is 0 Å². The third kappa shape index (κ3) is 3.06. The van der Waals surface area contributed by atoms with E-state index in [0.717, 1.165) is 10.0 Å². The lowest BCUT2D eigenvalue weighted by Gasteiger charge is -2.27. The van der Waals surface area contributed by atoms with Crippen molar-refractivity contribution in [2.75, 3.05) is 6.61 Å². The van der Waals surface area contributed by atoms with Gasteiger partial charge in [-0.3, -0.25) is 0 Å². The first-order valence-electron chi connectivity index (χ1n) is 5.59. The summed E-state index contributed by atoms with van der Waals surface area (Å²) in [5.41, 5.74) is 8.53. The van der Waals surface area contributed by atoms with Gasteiger partial charge < -0.3 is 10.8 Å². The second kappa shape index (κ2) is 5.80. The van der Waals surface area contributed by atoms with E-state index in [9.17, 15) is 5.11 Å². The molecule has 0 radical (unpaired) electrons. The van der Waals surface area contributed by atoms with Crippen LogP contribution in [0.4, 0.5) is 0 Å². The molecular weight excluding hydrogens is 266 g/mol. The van der Waals surface area contributed by atoms with Crippen molar-refractivity contribution < 1.29 is 5.11 Å². The molecule has 0 aliphatic heterocycles. The molecule has 1 rings (SSSR count). The van der Waals surface area contributed by atoms with E-state index in [4.69, 9.17) is 5.73 Å². The van der Waals surface area contributed by atoms with Crippen LogP contribution in [0.15, 0.2) is 22.7 Å². The molecule has 1 aromatic rings. The Balaban J connectivity index is 3.02. The summed E-state index contributed by atoms with van der Waals surface area (Å²) in [4.78, 5) is 0. The monoisotopic (exact) mass is 285 g/mol. The van der Waals surface area contributed by atoms with E-state index >= 15 is 0 Å². The predicted molar refractivity (Wildman–Crippen MR) is 71.2 cm³/mol. The van der Waals surface area contributed by atoms with E-state index in [1.165, 1.54) is 5.56 Å². The van der Waals surface area contributed by atoms with E-state index in [1.54, 1.807) is 0 Å². The summed E-state index contributed by atoms with van der Waals surface area (Å²) >= 11 is 3.45. The molecule has 0 spiro atoms. The Kier molecular flexibility index (Phi) is 4.96. The molecule has 0 fully saturated rings. The Bertz CT molecular complexity index is 352. The average Bonchev–Trinajstić information content (AvgIpc) is 2.22. The summed E-state index contributed by atoms with van der Waals surface area (Å²) in [6, 6.07) is 6.00. The molecule has 1 aromatic carbocycles. The van der Waals surface area contributed by atoms with Crippen LogP contribution in [0.5, 0.6) is 0 Å². The van der Waals surface area contributed by atoms with Gasteiger partial charge in [0.15, 0.2) is 0 Å². The standard InChI is InChI=1S/C13H20BrNO/c1-8(2)12(7-16)13(15)11-6-10(14)5-4-9(11)3/h4-6,8,12-13,16H,7,15H2,1-3H3. The van der Waals surface area contributed by atoms with Crippen molar-refractivity contribution in [2.45, 2.75) is 26.8 Å². The first-order valence-corrected chi connectivity index (χ1v) is 6.39. The molecule has 0 saturated carbocycles. The fraction of sp³-hybridized carbons (Fsp3) is 0.538. The van der Waals surface area contributed by atoms with Crippen LogP contribution in [0.2, 0.25) is 0 Å². The predicted octanol–water partition coefficient (Wildman–Crippen LogP) is 3.02. The minimum Gasteiger partial charge on any atom is -0.396 e. The first kappa shape index (κ1) is 13.7. The lowest BCUT2D eigenvalue weighted by Crippen LogP contribution is -2.29. The Morgan fingerprint density at radius 2 is 2.00 bits per heavy atom. The lowest BCUT2D eigenvalue weighted by molar-refractivity contribution is 0.165. The Hall–Kier alpha value is -0.380. The molecule has 0 bridgehead atoms. The number of hydrogen-bond acceptors (Lipinski definition) is 2. The van der Waals surface area contributed by atoms with Gasteiger partial charge in [-0.1, -0.05) is 35.8 Å². The highest BCUT2D eigenvalue weighted by Gasteiger charge is 2.23. The van der Waals surface area contributed by atoms with Crippen LogP contribution in [-0.4, -0.2) is 11.7 Å². The fourth-order valence-corrected chi connectivity index (χ4v) is 2.32. The number of benzene rings is 1.